The van der Waals surface area contributed by atoms with Crippen LogP contribution in [0, 0.1) is 0 Å². The molecule has 0 saturated carbocycles. The molecular weight excluding hydrogens is 288 g/mol. The first-order valence-corrected chi connectivity index (χ1v) is 6.98. The number of hydrogen-bond donors (Lipinski definition) is 2. The molecular formula is C15H14N2O3S. The highest BCUT2D eigenvalue weighted by Gasteiger charge is 2.14. The maximum absolute atomic E-state index is 11.8. The molecule has 0 bridgehead atoms. The molecule has 1 aromatic carbocycles. The van der Waals surface area contributed by atoms with Gasteiger partial charge in [-0.1, -0.05) is 12.1 Å². The Morgan fingerprint density at radius 3 is 2.62 bits per heavy atom. The van der Waals surface area contributed by atoms with Crippen molar-refractivity contribution in [2.75, 3.05) is 18.2 Å². The summed E-state index contributed by atoms with van der Waals surface area (Å²) in [7, 11) is 1.30. The summed E-state index contributed by atoms with van der Waals surface area (Å²) in [5, 5.41) is 4.36. The molecule has 5 nitrogen and oxygen atoms in total. The summed E-state index contributed by atoms with van der Waals surface area (Å²) < 4.78 is 4.65. The van der Waals surface area contributed by atoms with Gasteiger partial charge in [0.25, 0.3) is 0 Å². The number of carbonyl (C=O) groups excluding carboxylic acids is 2. The predicted molar refractivity (Wildman–Crippen MR) is 84.2 cm³/mol. The Balaban J connectivity index is 2.03. The molecule has 3 N–H and O–H groups in total. The Morgan fingerprint density at radius 2 is 1.95 bits per heavy atom. The van der Waals surface area contributed by atoms with E-state index in [0.29, 0.717) is 16.3 Å². The Morgan fingerprint density at radius 1 is 1.24 bits per heavy atom. The highest BCUT2D eigenvalue weighted by atomic mass is 32.1. The molecule has 1 aromatic heterocycles. The number of esters is 1. The van der Waals surface area contributed by atoms with Crippen molar-refractivity contribution in [1.82, 2.24) is 0 Å². The van der Waals surface area contributed by atoms with E-state index in [9.17, 15) is 9.59 Å². The molecule has 2 rings (SSSR count). The van der Waals surface area contributed by atoms with Gasteiger partial charge >= 0.3 is 5.97 Å². The van der Waals surface area contributed by atoms with Crippen LogP contribution in [-0.4, -0.2) is 19.0 Å². The third-order valence-electron chi connectivity index (χ3n) is 2.66. The molecule has 108 valence electrons. The minimum absolute atomic E-state index is 0.324. The van der Waals surface area contributed by atoms with E-state index in [2.05, 4.69) is 10.1 Å². The standard InChI is InChI=1S/C15H14N2O3S/c1-20-15(19)14-12(8-9-21-14)17-13(18)7-4-10-2-5-11(16)6-3-10/h2-9H,16H2,1H3,(H,17,18)/b7-4+. The quantitative estimate of drug-likeness (QED) is 0.517. The molecule has 0 atom stereocenters. The maximum atomic E-state index is 11.8. The van der Waals surface area contributed by atoms with E-state index in [0.717, 1.165) is 5.56 Å². The molecule has 0 radical (unpaired) electrons. The van der Waals surface area contributed by atoms with Crippen molar-refractivity contribution in [3.63, 3.8) is 0 Å². The molecule has 1 amide bonds. The maximum Gasteiger partial charge on any atom is 0.350 e. The van der Waals surface area contributed by atoms with Gasteiger partial charge in [-0.15, -0.1) is 11.3 Å². The van der Waals surface area contributed by atoms with E-state index in [1.54, 1.807) is 29.7 Å². The fourth-order valence-electron chi connectivity index (χ4n) is 1.61. The normalized spacial score (nSPS) is 10.5. The predicted octanol–water partition coefficient (Wildman–Crippen LogP) is 2.77. The van der Waals surface area contributed by atoms with Crippen molar-refractivity contribution in [3.05, 3.63) is 52.2 Å². The number of benzene rings is 1. The summed E-state index contributed by atoms with van der Waals surface area (Å²) in [4.78, 5) is 23.7. The Bertz CT molecular complexity index is 674. The number of nitrogens with one attached hydrogen (secondary N) is 1. The average molecular weight is 302 g/mol. The van der Waals surface area contributed by atoms with Crippen LogP contribution in [-0.2, 0) is 9.53 Å². The Hall–Kier alpha value is -2.60. The highest BCUT2D eigenvalue weighted by molar-refractivity contribution is 7.12. The van der Waals surface area contributed by atoms with Crippen LogP contribution in [0.4, 0.5) is 11.4 Å². The van der Waals surface area contributed by atoms with Crippen LogP contribution in [0.3, 0.4) is 0 Å². The summed E-state index contributed by atoms with van der Waals surface area (Å²) in [5.74, 6) is -0.793. The second-order valence-corrected chi connectivity index (χ2v) is 5.06. The van der Waals surface area contributed by atoms with Crippen LogP contribution in [0.15, 0.2) is 41.8 Å². The summed E-state index contributed by atoms with van der Waals surface area (Å²) in [6, 6.07) is 8.79. The van der Waals surface area contributed by atoms with E-state index in [1.165, 1.54) is 24.5 Å². The minimum atomic E-state index is -0.470. The number of thiophene rings is 1. The lowest BCUT2D eigenvalue weighted by molar-refractivity contribution is -0.111. The summed E-state index contributed by atoms with van der Waals surface area (Å²) in [5.41, 5.74) is 7.55. The van der Waals surface area contributed by atoms with Crippen molar-refractivity contribution in [3.8, 4) is 0 Å². The van der Waals surface area contributed by atoms with Crippen molar-refractivity contribution in [1.29, 1.82) is 0 Å². The highest BCUT2D eigenvalue weighted by Crippen LogP contribution is 2.23. The van der Waals surface area contributed by atoms with Gasteiger partial charge in [0.15, 0.2) is 0 Å². The summed E-state index contributed by atoms with van der Waals surface area (Å²) >= 11 is 1.21. The van der Waals surface area contributed by atoms with Crippen molar-refractivity contribution in [2.24, 2.45) is 0 Å². The number of nitrogens with two attached hydrogens (primary N) is 1. The van der Waals surface area contributed by atoms with Gasteiger partial charge < -0.3 is 15.8 Å². The molecule has 6 heteroatoms. The van der Waals surface area contributed by atoms with E-state index < -0.39 is 5.97 Å². The molecule has 2 aromatic rings. The summed E-state index contributed by atoms with van der Waals surface area (Å²) in [6.45, 7) is 0. The monoisotopic (exact) mass is 302 g/mol. The number of ether oxygens (including phenoxy) is 1. The van der Waals surface area contributed by atoms with E-state index in [1.807, 2.05) is 12.1 Å². The molecule has 0 aliphatic heterocycles. The first kappa shape index (κ1) is 14.8. The van der Waals surface area contributed by atoms with Crippen LogP contribution >= 0.6 is 11.3 Å². The topological polar surface area (TPSA) is 81.4 Å². The zero-order chi connectivity index (χ0) is 15.2. The number of anilines is 2. The van der Waals surface area contributed by atoms with Gasteiger partial charge in [-0.25, -0.2) is 4.79 Å². The smallest absolute Gasteiger partial charge is 0.350 e. The van der Waals surface area contributed by atoms with Crippen molar-refractivity contribution >= 4 is 40.7 Å². The van der Waals surface area contributed by atoms with Gasteiger partial charge in [0.2, 0.25) is 5.91 Å². The number of carbonyl (C=O) groups is 2. The lowest BCUT2D eigenvalue weighted by atomic mass is 10.2. The number of hydrogen-bond acceptors (Lipinski definition) is 5. The molecule has 21 heavy (non-hydrogen) atoms. The molecule has 0 saturated heterocycles. The SMILES string of the molecule is COC(=O)c1sccc1NC(=O)/C=C/c1ccc(N)cc1. The second kappa shape index (κ2) is 6.71. The largest absolute Gasteiger partial charge is 0.465 e. The van der Waals surface area contributed by atoms with E-state index in [4.69, 9.17) is 5.73 Å². The van der Waals surface area contributed by atoms with Gasteiger partial charge in [-0.2, -0.15) is 0 Å². The third kappa shape index (κ3) is 3.93. The molecule has 0 fully saturated rings. The van der Waals surface area contributed by atoms with Gasteiger partial charge in [-0.05, 0) is 35.2 Å². The van der Waals surface area contributed by atoms with Crippen LogP contribution in [0.5, 0.6) is 0 Å². The average Bonchev–Trinajstić information content (AvgIpc) is 2.94. The fourth-order valence-corrected chi connectivity index (χ4v) is 2.38. The van der Waals surface area contributed by atoms with Gasteiger partial charge in [0.1, 0.15) is 4.88 Å². The first-order chi connectivity index (χ1) is 10.1. The third-order valence-corrected chi connectivity index (χ3v) is 3.55. The zero-order valence-electron chi connectivity index (χ0n) is 11.3. The summed E-state index contributed by atoms with van der Waals surface area (Å²) in [6.07, 6.45) is 3.06. The van der Waals surface area contributed by atoms with Crippen molar-refractivity contribution < 1.29 is 14.3 Å². The number of methoxy groups -OCH3 is 1. The molecule has 0 aliphatic rings. The number of rotatable bonds is 4. The Kier molecular flexibility index (Phi) is 4.73. The minimum Gasteiger partial charge on any atom is -0.465 e. The first-order valence-electron chi connectivity index (χ1n) is 6.10. The van der Waals surface area contributed by atoms with Crippen molar-refractivity contribution in [2.45, 2.75) is 0 Å². The fraction of sp³-hybridized carbons (Fsp3) is 0.0667. The van der Waals surface area contributed by atoms with Crippen LogP contribution < -0.4 is 11.1 Å². The lowest BCUT2D eigenvalue weighted by Gasteiger charge is -2.02. The molecule has 1 heterocycles. The van der Waals surface area contributed by atoms with E-state index in [-0.39, 0.29) is 5.91 Å². The van der Waals surface area contributed by atoms with E-state index >= 15 is 0 Å². The van der Waals surface area contributed by atoms with Crippen LogP contribution in [0.1, 0.15) is 15.2 Å². The number of nitrogen functional groups attached to an aromatic ring is 1. The van der Waals surface area contributed by atoms with Crippen LogP contribution in [0.2, 0.25) is 0 Å². The molecule has 0 spiro atoms. The second-order valence-electron chi connectivity index (χ2n) is 4.14. The van der Waals surface area contributed by atoms with Crippen LogP contribution in [0.25, 0.3) is 6.08 Å². The van der Waals surface area contributed by atoms with Gasteiger partial charge in [-0.3, -0.25) is 4.79 Å². The lowest BCUT2D eigenvalue weighted by Crippen LogP contribution is -2.10. The Labute approximate surface area is 126 Å². The molecule has 0 aliphatic carbocycles. The molecule has 0 unspecified atom stereocenters. The zero-order valence-corrected chi connectivity index (χ0v) is 12.1. The number of amides is 1. The van der Waals surface area contributed by atoms with Gasteiger partial charge in [0, 0.05) is 11.8 Å². The van der Waals surface area contributed by atoms with Gasteiger partial charge in [0.05, 0.1) is 12.8 Å².